The van der Waals surface area contributed by atoms with Crippen molar-refractivity contribution in [1.82, 2.24) is 10.3 Å². The third kappa shape index (κ3) is 4.66. The summed E-state index contributed by atoms with van der Waals surface area (Å²) in [6.45, 7) is 2.33. The van der Waals surface area contributed by atoms with E-state index in [4.69, 9.17) is 10.5 Å². The molecule has 4 nitrogen and oxygen atoms in total. The largest absolute Gasteiger partial charge is 0.385 e. The number of methoxy groups -OCH3 is 1. The third-order valence-electron chi connectivity index (χ3n) is 1.86. The fourth-order valence-electron chi connectivity index (χ4n) is 1.08. The van der Waals surface area contributed by atoms with Crippen LogP contribution in [0.5, 0.6) is 0 Å². The van der Waals surface area contributed by atoms with E-state index < -0.39 is 0 Å². The van der Waals surface area contributed by atoms with Crippen LogP contribution in [0.4, 0.5) is 0 Å². The van der Waals surface area contributed by atoms with Crippen LogP contribution in [-0.2, 0) is 11.3 Å². The standard InChI is InChI=1S/C9H17N3OS/c1-13-4-2-8(10)6-11-7-9-12-3-5-14-9/h3,5,8,11H,2,4,6-7,10H2,1H3. The number of nitrogens with two attached hydrogens (primary N) is 1. The zero-order valence-electron chi connectivity index (χ0n) is 8.40. The summed E-state index contributed by atoms with van der Waals surface area (Å²) in [5.74, 6) is 0. The van der Waals surface area contributed by atoms with Gasteiger partial charge in [-0.1, -0.05) is 0 Å². The Bertz CT molecular complexity index is 228. The Morgan fingerprint density at radius 2 is 2.57 bits per heavy atom. The number of nitrogens with one attached hydrogen (secondary N) is 1. The lowest BCUT2D eigenvalue weighted by Crippen LogP contribution is -2.34. The summed E-state index contributed by atoms with van der Waals surface area (Å²) in [5.41, 5.74) is 5.84. The molecule has 5 heteroatoms. The maximum absolute atomic E-state index is 5.84. The maximum atomic E-state index is 5.84. The predicted octanol–water partition coefficient (Wildman–Crippen LogP) is 0.597. The molecule has 0 saturated carbocycles. The molecule has 1 aromatic heterocycles. The molecule has 0 aliphatic heterocycles. The fraction of sp³-hybridized carbons (Fsp3) is 0.667. The Balaban J connectivity index is 2.03. The molecule has 1 unspecified atom stereocenters. The van der Waals surface area contributed by atoms with Gasteiger partial charge in [-0.2, -0.15) is 0 Å². The summed E-state index contributed by atoms with van der Waals surface area (Å²) in [4.78, 5) is 4.17. The van der Waals surface area contributed by atoms with Crippen molar-refractivity contribution < 1.29 is 4.74 Å². The average Bonchev–Trinajstić information content (AvgIpc) is 2.67. The number of thiazole rings is 1. The van der Waals surface area contributed by atoms with Crippen molar-refractivity contribution in [3.8, 4) is 0 Å². The molecule has 0 amide bonds. The van der Waals surface area contributed by atoms with E-state index >= 15 is 0 Å². The summed E-state index contributed by atoms with van der Waals surface area (Å²) < 4.78 is 4.95. The molecule has 80 valence electrons. The second-order valence-corrected chi connectivity index (χ2v) is 4.08. The highest BCUT2D eigenvalue weighted by Crippen LogP contribution is 2.02. The molecular formula is C9H17N3OS. The summed E-state index contributed by atoms with van der Waals surface area (Å²) in [5, 5.41) is 6.34. The van der Waals surface area contributed by atoms with Crippen molar-refractivity contribution >= 4 is 11.3 Å². The quantitative estimate of drug-likeness (QED) is 0.699. The minimum atomic E-state index is 0.162. The topological polar surface area (TPSA) is 60.2 Å². The molecule has 3 N–H and O–H groups in total. The van der Waals surface area contributed by atoms with Crippen LogP contribution in [0.15, 0.2) is 11.6 Å². The van der Waals surface area contributed by atoms with Gasteiger partial charge in [0.15, 0.2) is 0 Å². The molecule has 0 radical (unpaired) electrons. The average molecular weight is 215 g/mol. The lowest BCUT2D eigenvalue weighted by atomic mass is 10.2. The Kier molecular flexibility index (Phi) is 5.70. The fourth-order valence-corrected chi connectivity index (χ4v) is 1.66. The zero-order chi connectivity index (χ0) is 10.2. The smallest absolute Gasteiger partial charge is 0.106 e. The normalized spacial score (nSPS) is 13.0. The zero-order valence-corrected chi connectivity index (χ0v) is 9.22. The highest BCUT2D eigenvalue weighted by molar-refractivity contribution is 7.09. The van der Waals surface area contributed by atoms with Crippen molar-refractivity contribution in [2.24, 2.45) is 5.73 Å². The number of nitrogens with zero attached hydrogens (tertiary/aromatic N) is 1. The minimum absolute atomic E-state index is 0.162. The summed E-state index contributed by atoms with van der Waals surface area (Å²) in [6.07, 6.45) is 2.70. The van der Waals surface area contributed by atoms with E-state index in [0.29, 0.717) is 0 Å². The van der Waals surface area contributed by atoms with Crippen LogP contribution in [0, 0.1) is 0 Å². The van der Waals surface area contributed by atoms with Crippen LogP contribution in [0.3, 0.4) is 0 Å². The van der Waals surface area contributed by atoms with Gasteiger partial charge in [-0.05, 0) is 6.42 Å². The van der Waals surface area contributed by atoms with Crippen molar-refractivity contribution in [3.05, 3.63) is 16.6 Å². The maximum Gasteiger partial charge on any atom is 0.106 e. The Labute approximate surface area is 88.5 Å². The Morgan fingerprint density at radius 3 is 3.21 bits per heavy atom. The van der Waals surface area contributed by atoms with Crippen molar-refractivity contribution in [1.29, 1.82) is 0 Å². The molecular weight excluding hydrogens is 198 g/mol. The molecule has 0 saturated heterocycles. The van der Waals surface area contributed by atoms with Gasteiger partial charge in [0.25, 0.3) is 0 Å². The second kappa shape index (κ2) is 6.89. The summed E-state index contributed by atoms with van der Waals surface area (Å²) in [6, 6.07) is 0.162. The summed E-state index contributed by atoms with van der Waals surface area (Å²) >= 11 is 1.65. The van der Waals surface area contributed by atoms with Gasteiger partial charge in [-0.3, -0.25) is 0 Å². The number of aromatic nitrogens is 1. The van der Waals surface area contributed by atoms with Crippen LogP contribution in [-0.4, -0.2) is 31.3 Å². The number of hydrogen-bond acceptors (Lipinski definition) is 5. The summed E-state index contributed by atoms with van der Waals surface area (Å²) in [7, 11) is 1.69. The van der Waals surface area contributed by atoms with Crippen LogP contribution in [0.1, 0.15) is 11.4 Å². The second-order valence-electron chi connectivity index (χ2n) is 3.10. The molecule has 0 aliphatic carbocycles. The van der Waals surface area contributed by atoms with Crippen molar-refractivity contribution in [2.75, 3.05) is 20.3 Å². The van der Waals surface area contributed by atoms with Crippen LogP contribution >= 0.6 is 11.3 Å². The van der Waals surface area contributed by atoms with Crippen molar-refractivity contribution in [2.45, 2.75) is 19.0 Å². The number of ether oxygens (including phenoxy) is 1. The lowest BCUT2D eigenvalue weighted by Gasteiger charge is -2.10. The molecule has 14 heavy (non-hydrogen) atoms. The Morgan fingerprint density at radius 1 is 1.71 bits per heavy atom. The van der Waals surface area contributed by atoms with Crippen LogP contribution in [0.2, 0.25) is 0 Å². The van der Waals surface area contributed by atoms with Gasteiger partial charge in [0.1, 0.15) is 5.01 Å². The molecule has 1 rings (SSSR count). The van der Waals surface area contributed by atoms with E-state index in [1.165, 1.54) is 0 Å². The monoisotopic (exact) mass is 215 g/mol. The van der Waals surface area contributed by atoms with Gasteiger partial charge in [-0.25, -0.2) is 4.98 Å². The van der Waals surface area contributed by atoms with E-state index in [-0.39, 0.29) is 6.04 Å². The lowest BCUT2D eigenvalue weighted by molar-refractivity contribution is 0.187. The van der Waals surface area contributed by atoms with E-state index in [9.17, 15) is 0 Å². The Hall–Kier alpha value is -0.490. The first kappa shape index (κ1) is 11.6. The van der Waals surface area contributed by atoms with Gasteiger partial charge in [0.2, 0.25) is 0 Å². The predicted molar refractivity (Wildman–Crippen MR) is 58.3 cm³/mol. The number of rotatable bonds is 7. The van der Waals surface area contributed by atoms with Gasteiger partial charge < -0.3 is 15.8 Å². The molecule has 0 aromatic carbocycles. The van der Waals surface area contributed by atoms with E-state index in [1.54, 1.807) is 18.4 Å². The molecule has 1 atom stereocenters. The van der Waals surface area contributed by atoms with Gasteiger partial charge >= 0.3 is 0 Å². The third-order valence-corrected chi connectivity index (χ3v) is 2.64. The molecule has 1 heterocycles. The first-order chi connectivity index (χ1) is 6.83. The van der Waals surface area contributed by atoms with E-state index in [2.05, 4.69) is 10.3 Å². The van der Waals surface area contributed by atoms with Crippen molar-refractivity contribution in [3.63, 3.8) is 0 Å². The highest BCUT2D eigenvalue weighted by Gasteiger charge is 2.01. The first-order valence-corrected chi connectivity index (χ1v) is 5.54. The van der Waals surface area contributed by atoms with Crippen LogP contribution in [0.25, 0.3) is 0 Å². The molecule has 0 fully saturated rings. The molecule has 0 spiro atoms. The van der Waals surface area contributed by atoms with Gasteiger partial charge in [0.05, 0.1) is 0 Å². The van der Waals surface area contributed by atoms with Crippen LogP contribution < -0.4 is 11.1 Å². The minimum Gasteiger partial charge on any atom is -0.385 e. The molecule has 0 aliphatic rings. The van der Waals surface area contributed by atoms with Gasteiger partial charge in [-0.15, -0.1) is 11.3 Å². The first-order valence-electron chi connectivity index (χ1n) is 4.66. The molecule has 1 aromatic rings. The number of hydrogen-bond donors (Lipinski definition) is 2. The van der Waals surface area contributed by atoms with E-state index in [0.717, 1.165) is 31.1 Å². The highest BCUT2D eigenvalue weighted by atomic mass is 32.1. The van der Waals surface area contributed by atoms with E-state index in [1.807, 2.05) is 11.6 Å². The SMILES string of the molecule is COCCC(N)CNCc1nccs1. The molecule has 0 bridgehead atoms. The van der Waals surface area contributed by atoms with Gasteiger partial charge in [0, 0.05) is 44.4 Å².